The lowest BCUT2D eigenvalue weighted by atomic mass is 9.98. The van der Waals surface area contributed by atoms with Gasteiger partial charge in [0, 0.05) is 0 Å². The molecule has 94 valence electrons. The molecule has 0 spiro atoms. The van der Waals surface area contributed by atoms with E-state index in [1.54, 1.807) is 0 Å². The quantitative estimate of drug-likeness (QED) is 0.558. The maximum atomic E-state index is 3.89. The number of hydrogen-bond donors (Lipinski definition) is 0. The lowest BCUT2D eigenvalue weighted by molar-refractivity contribution is 1.19. The summed E-state index contributed by atoms with van der Waals surface area (Å²) in [7, 11) is 0. The van der Waals surface area contributed by atoms with Gasteiger partial charge in [-0.2, -0.15) is 0 Å². The Morgan fingerprint density at radius 2 is 1.72 bits per heavy atom. The summed E-state index contributed by atoms with van der Waals surface area (Å²) in [5, 5.41) is 0. The van der Waals surface area contributed by atoms with Crippen molar-refractivity contribution in [1.82, 2.24) is 0 Å². The SMILES string of the molecule is C=C/C(=C\C=C/C)C1=CC=C(C(/C=C\C)=C/C)C1. The summed E-state index contributed by atoms with van der Waals surface area (Å²) in [6.07, 6.45) is 19.9. The van der Waals surface area contributed by atoms with Crippen molar-refractivity contribution in [2.45, 2.75) is 27.2 Å². The standard InChI is InChI=1S/C18H22/c1-5-9-11-16(8-4)18-13-12-17(14-18)15(7-3)10-6-2/h5-13H,4,14H2,1-3H3/b9-5-,10-6-,15-7+,16-11+. The van der Waals surface area contributed by atoms with Gasteiger partial charge in [0.15, 0.2) is 0 Å². The van der Waals surface area contributed by atoms with E-state index in [9.17, 15) is 0 Å². The van der Waals surface area contributed by atoms with E-state index < -0.39 is 0 Å². The van der Waals surface area contributed by atoms with Crippen LogP contribution in [0.1, 0.15) is 27.2 Å². The predicted molar refractivity (Wildman–Crippen MR) is 82.4 cm³/mol. The zero-order valence-corrected chi connectivity index (χ0v) is 11.6. The van der Waals surface area contributed by atoms with E-state index in [1.807, 2.05) is 19.1 Å². The van der Waals surface area contributed by atoms with Crippen LogP contribution in [0.15, 0.2) is 83.6 Å². The van der Waals surface area contributed by atoms with Gasteiger partial charge in [-0.05, 0) is 49.5 Å². The fraction of sp³-hybridized carbons (Fsp3) is 0.222. The van der Waals surface area contributed by atoms with Gasteiger partial charge in [-0.25, -0.2) is 0 Å². The topological polar surface area (TPSA) is 0 Å². The lowest BCUT2D eigenvalue weighted by Gasteiger charge is -2.07. The fourth-order valence-corrected chi connectivity index (χ4v) is 2.00. The maximum Gasteiger partial charge on any atom is -0.00140 e. The van der Waals surface area contributed by atoms with Gasteiger partial charge in [0.2, 0.25) is 0 Å². The second-order valence-electron chi connectivity index (χ2n) is 4.16. The van der Waals surface area contributed by atoms with E-state index in [2.05, 4.69) is 63.0 Å². The molecule has 0 bridgehead atoms. The first-order chi connectivity index (χ1) is 8.76. The van der Waals surface area contributed by atoms with Gasteiger partial charge in [0.05, 0.1) is 0 Å². The molecule has 0 aliphatic heterocycles. The first-order valence-electron chi connectivity index (χ1n) is 6.41. The van der Waals surface area contributed by atoms with Crippen molar-refractivity contribution in [1.29, 1.82) is 0 Å². The lowest BCUT2D eigenvalue weighted by Crippen LogP contribution is -1.88. The minimum atomic E-state index is 0.986. The Bertz CT molecular complexity index is 474. The van der Waals surface area contributed by atoms with Crippen molar-refractivity contribution in [3.8, 4) is 0 Å². The van der Waals surface area contributed by atoms with Crippen molar-refractivity contribution >= 4 is 0 Å². The molecule has 0 heteroatoms. The molecule has 0 aromatic carbocycles. The maximum absolute atomic E-state index is 3.89. The molecule has 18 heavy (non-hydrogen) atoms. The summed E-state index contributed by atoms with van der Waals surface area (Å²) >= 11 is 0. The van der Waals surface area contributed by atoms with E-state index in [-0.39, 0.29) is 0 Å². The third kappa shape index (κ3) is 3.59. The average Bonchev–Trinajstić information content (AvgIpc) is 2.86. The predicted octanol–water partition coefficient (Wildman–Crippen LogP) is 5.45. The van der Waals surface area contributed by atoms with Crippen LogP contribution in [0.5, 0.6) is 0 Å². The number of allylic oxidation sites excluding steroid dienone is 13. The molecule has 1 rings (SSSR count). The summed E-state index contributed by atoms with van der Waals surface area (Å²) < 4.78 is 0. The van der Waals surface area contributed by atoms with Crippen molar-refractivity contribution in [2.24, 2.45) is 0 Å². The van der Waals surface area contributed by atoms with Gasteiger partial charge in [-0.15, -0.1) is 0 Å². The molecule has 0 aromatic heterocycles. The van der Waals surface area contributed by atoms with Crippen molar-refractivity contribution in [3.63, 3.8) is 0 Å². The summed E-state index contributed by atoms with van der Waals surface area (Å²) in [5.41, 5.74) is 5.22. The molecule has 0 atom stereocenters. The highest BCUT2D eigenvalue weighted by molar-refractivity contribution is 5.55. The van der Waals surface area contributed by atoms with Crippen molar-refractivity contribution in [3.05, 3.63) is 83.6 Å². The molecule has 0 heterocycles. The van der Waals surface area contributed by atoms with E-state index in [1.165, 1.54) is 22.3 Å². The van der Waals surface area contributed by atoms with Crippen molar-refractivity contribution in [2.75, 3.05) is 0 Å². The van der Waals surface area contributed by atoms with E-state index in [0.717, 1.165) is 6.42 Å². The molecule has 0 fully saturated rings. The molecule has 0 radical (unpaired) electrons. The van der Waals surface area contributed by atoms with Gasteiger partial charge in [-0.1, -0.05) is 61.3 Å². The third-order valence-electron chi connectivity index (χ3n) is 2.95. The molecule has 0 nitrogen and oxygen atoms in total. The molecular formula is C18H22. The zero-order valence-electron chi connectivity index (χ0n) is 11.6. The molecule has 0 aromatic rings. The summed E-state index contributed by atoms with van der Waals surface area (Å²) in [6.45, 7) is 10.0. The van der Waals surface area contributed by atoms with Gasteiger partial charge < -0.3 is 0 Å². The van der Waals surface area contributed by atoms with Gasteiger partial charge >= 0.3 is 0 Å². The van der Waals surface area contributed by atoms with Crippen LogP contribution in [0.25, 0.3) is 0 Å². The summed E-state index contributed by atoms with van der Waals surface area (Å²) in [6, 6.07) is 0. The van der Waals surface area contributed by atoms with Gasteiger partial charge in [0.1, 0.15) is 0 Å². The second kappa shape index (κ2) is 7.50. The Balaban J connectivity index is 2.83. The second-order valence-corrected chi connectivity index (χ2v) is 4.16. The largest absolute Gasteiger partial charge is 0.0985 e. The molecular weight excluding hydrogens is 216 g/mol. The normalized spacial score (nSPS) is 17.5. The summed E-state index contributed by atoms with van der Waals surface area (Å²) in [5.74, 6) is 0. The highest BCUT2D eigenvalue weighted by Crippen LogP contribution is 2.30. The molecule has 0 N–H and O–H groups in total. The first-order valence-corrected chi connectivity index (χ1v) is 6.41. The monoisotopic (exact) mass is 238 g/mol. The number of hydrogen-bond acceptors (Lipinski definition) is 0. The smallest absolute Gasteiger partial charge is 0.00140 e. The molecule has 1 aliphatic carbocycles. The zero-order chi connectivity index (χ0) is 13.4. The van der Waals surface area contributed by atoms with Crippen LogP contribution in [-0.2, 0) is 0 Å². The Morgan fingerprint density at radius 3 is 2.22 bits per heavy atom. The molecule has 0 amide bonds. The molecule has 0 saturated heterocycles. The number of rotatable bonds is 5. The van der Waals surface area contributed by atoms with Crippen molar-refractivity contribution < 1.29 is 0 Å². The van der Waals surface area contributed by atoms with Crippen LogP contribution >= 0.6 is 0 Å². The minimum Gasteiger partial charge on any atom is -0.0985 e. The summed E-state index contributed by atoms with van der Waals surface area (Å²) in [4.78, 5) is 0. The first kappa shape index (κ1) is 14.2. The minimum absolute atomic E-state index is 0.986. The van der Waals surface area contributed by atoms with E-state index >= 15 is 0 Å². The van der Waals surface area contributed by atoms with Crippen LogP contribution in [0.4, 0.5) is 0 Å². The van der Waals surface area contributed by atoms with Crippen LogP contribution in [0.2, 0.25) is 0 Å². The Hall–Kier alpha value is -1.82. The van der Waals surface area contributed by atoms with Crippen LogP contribution in [-0.4, -0.2) is 0 Å². The Kier molecular flexibility index (Phi) is 5.93. The molecule has 1 aliphatic rings. The van der Waals surface area contributed by atoms with E-state index in [0.29, 0.717) is 0 Å². The Labute approximate surface area is 111 Å². The van der Waals surface area contributed by atoms with E-state index in [4.69, 9.17) is 0 Å². The van der Waals surface area contributed by atoms with Crippen LogP contribution in [0, 0.1) is 0 Å². The molecule has 0 saturated carbocycles. The third-order valence-corrected chi connectivity index (χ3v) is 2.95. The Morgan fingerprint density at radius 1 is 1.06 bits per heavy atom. The van der Waals surface area contributed by atoms with Crippen LogP contribution in [0.3, 0.4) is 0 Å². The van der Waals surface area contributed by atoms with Gasteiger partial charge in [-0.3, -0.25) is 0 Å². The van der Waals surface area contributed by atoms with Gasteiger partial charge in [0.25, 0.3) is 0 Å². The molecule has 0 unspecified atom stereocenters. The highest BCUT2D eigenvalue weighted by atomic mass is 14.2. The highest BCUT2D eigenvalue weighted by Gasteiger charge is 2.11. The average molecular weight is 238 g/mol. The van der Waals surface area contributed by atoms with Crippen LogP contribution < -0.4 is 0 Å². The fourth-order valence-electron chi connectivity index (χ4n) is 2.00.